The second-order valence-corrected chi connectivity index (χ2v) is 5.50. The first-order valence-electron chi connectivity index (χ1n) is 7.04. The summed E-state index contributed by atoms with van der Waals surface area (Å²) in [4.78, 5) is 4.19. The van der Waals surface area contributed by atoms with Gasteiger partial charge in [-0.3, -0.25) is 0 Å². The summed E-state index contributed by atoms with van der Waals surface area (Å²) in [5, 5.41) is 0. The van der Waals surface area contributed by atoms with Crippen LogP contribution in [0.25, 0.3) is 0 Å². The molecule has 2 rings (SSSR count). The zero-order chi connectivity index (χ0) is 12.8. The summed E-state index contributed by atoms with van der Waals surface area (Å²) in [5.74, 6) is 1.04. The van der Waals surface area contributed by atoms with Crippen LogP contribution in [0, 0.1) is 6.92 Å². The standard InChI is InChI=1S/C14H25N3O/c1-13-16-8-9-17(13)10-11-18-12-14(15)6-4-2-3-5-7-14/h8-9H,2-7,10-12,15H2,1H3. The number of hydrogen-bond donors (Lipinski definition) is 1. The maximum Gasteiger partial charge on any atom is 0.105 e. The van der Waals surface area contributed by atoms with Gasteiger partial charge in [-0.15, -0.1) is 0 Å². The van der Waals surface area contributed by atoms with E-state index in [0.717, 1.165) is 31.8 Å². The van der Waals surface area contributed by atoms with E-state index in [0.29, 0.717) is 6.61 Å². The Morgan fingerprint density at radius 1 is 1.33 bits per heavy atom. The van der Waals surface area contributed by atoms with E-state index in [2.05, 4.69) is 9.55 Å². The average molecular weight is 251 g/mol. The van der Waals surface area contributed by atoms with Gasteiger partial charge in [0.2, 0.25) is 0 Å². The number of hydrogen-bond acceptors (Lipinski definition) is 3. The normalized spacial score (nSPS) is 19.7. The molecule has 1 aliphatic rings. The predicted octanol–water partition coefficient (Wildman–Crippen LogP) is 2.26. The average Bonchev–Trinajstić information content (AvgIpc) is 2.62. The Morgan fingerprint density at radius 3 is 2.67 bits per heavy atom. The Kier molecular flexibility index (Phi) is 4.78. The first kappa shape index (κ1) is 13.6. The lowest BCUT2D eigenvalue weighted by Gasteiger charge is -2.27. The molecule has 0 radical (unpaired) electrons. The van der Waals surface area contributed by atoms with Gasteiger partial charge in [-0.1, -0.05) is 25.7 Å². The zero-order valence-corrected chi connectivity index (χ0v) is 11.4. The van der Waals surface area contributed by atoms with Gasteiger partial charge in [-0.25, -0.2) is 4.98 Å². The van der Waals surface area contributed by atoms with Gasteiger partial charge in [0.25, 0.3) is 0 Å². The Bertz CT molecular complexity index is 354. The maximum atomic E-state index is 6.40. The van der Waals surface area contributed by atoms with Gasteiger partial charge in [0.15, 0.2) is 0 Å². The van der Waals surface area contributed by atoms with E-state index in [1.54, 1.807) is 0 Å². The summed E-state index contributed by atoms with van der Waals surface area (Å²) in [6.07, 6.45) is 11.2. The van der Waals surface area contributed by atoms with Gasteiger partial charge in [0.05, 0.1) is 13.2 Å². The number of nitrogens with two attached hydrogens (primary N) is 1. The highest BCUT2D eigenvalue weighted by molar-refractivity contribution is 4.88. The number of aromatic nitrogens is 2. The molecule has 0 saturated heterocycles. The van der Waals surface area contributed by atoms with Crippen LogP contribution in [0.3, 0.4) is 0 Å². The molecule has 2 N–H and O–H groups in total. The minimum atomic E-state index is -0.0829. The van der Waals surface area contributed by atoms with Crippen molar-refractivity contribution in [3.05, 3.63) is 18.2 Å². The van der Waals surface area contributed by atoms with Crippen LogP contribution < -0.4 is 5.73 Å². The monoisotopic (exact) mass is 251 g/mol. The third kappa shape index (κ3) is 3.82. The summed E-state index contributed by atoms with van der Waals surface area (Å²) in [7, 11) is 0. The lowest BCUT2D eigenvalue weighted by molar-refractivity contribution is 0.0724. The Balaban J connectivity index is 1.69. The van der Waals surface area contributed by atoms with Gasteiger partial charge in [-0.05, 0) is 19.8 Å². The van der Waals surface area contributed by atoms with Gasteiger partial charge < -0.3 is 15.0 Å². The summed E-state index contributed by atoms with van der Waals surface area (Å²) >= 11 is 0. The summed E-state index contributed by atoms with van der Waals surface area (Å²) in [5.41, 5.74) is 6.32. The number of ether oxygens (including phenoxy) is 1. The molecule has 1 saturated carbocycles. The van der Waals surface area contributed by atoms with Crippen molar-refractivity contribution in [2.45, 2.75) is 57.5 Å². The van der Waals surface area contributed by atoms with Crippen molar-refractivity contribution in [2.75, 3.05) is 13.2 Å². The maximum absolute atomic E-state index is 6.40. The lowest BCUT2D eigenvalue weighted by atomic mass is 9.93. The molecule has 0 aliphatic heterocycles. The topological polar surface area (TPSA) is 53.1 Å². The van der Waals surface area contributed by atoms with E-state index >= 15 is 0 Å². The molecule has 0 bridgehead atoms. The molecule has 0 atom stereocenters. The molecule has 1 fully saturated rings. The fourth-order valence-corrected chi connectivity index (χ4v) is 2.66. The molecular formula is C14H25N3O. The van der Waals surface area contributed by atoms with E-state index in [4.69, 9.17) is 10.5 Å². The molecule has 4 heteroatoms. The molecule has 0 spiro atoms. The third-order valence-electron chi connectivity index (χ3n) is 3.89. The quantitative estimate of drug-likeness (QED) is 0.645. The molecule has 0 amide bonds. The fourth-order valence-electron chi connectivity index (χ4n) is 2.66. The van der Waals surface area contributed by atoms with Gasteiger partial charge in [0, 0.05) is 24.5 Å². The molecule has 1 aromatic heterocycles. The van der Waals surface area contributed by atoms with E-state index in [1.807, 2.05) is 19.3 Å². The van der Waals surface area contributed by atoms with Crippen molar-refractivity contribution < 1.29 is 4.74 Å². The molecule has 0 aromatic carbocycles. The summed E-state index contributed by atoms with van der Waals surface area (Å²) < 4.78 is 7.89. The van der Waals surface area contributed by atoms with Crippen LogP contribution in [0.1, 0.15) is 44.3 Å². The molecule has 1 aromatic rings. The Morgan fingerprint density at radius 2 is 2.06 bits per heavy atom. The van der Waals surface area contributed by atoms with Crippen LogP contribution >= 0.6 is 0 Å². The summed E-state index contributed by atoms with van der Waals surface area (Å²) in [6, 6.07) is 0. The molecule has 0 unspecified atom stereocenters. The second kappa shape index (κ2) is 6.34. The fraction of sp³-hybridized carbons (Fsp3) is 0.786. The van der Waals surface area contributed by atoms with Gasteiger partial charge >= 0.3 is 0 Å². The Hall–Kier alpha value is -0.870. The predicted molar refractivity (Wildman–Crippen MR) is 72.4 cm³/mol. The van der Waals surface area contributed by atoms with Crippen molar-refractivity contribution in [3.63, 3.8) is 0 Å². The lowest BCUT2D eigenvalue weighted by Crippen LogP contribution is -2.44. The SMILES string of the molecule is Cc1nccn1CCOCC1(N)CCCCCC1. The van der Waals surface area contributed by atoms with Gasteiger partial charge in [-0.2, -0.15) is 0 Å². The number of imidazole rings is 1. The largest absolute Gasteiger partial charge is 0.378 e. The van der Waals surface area contributed by atoms with E-state index in [-0.39, 0.29) is 5.54 Å². The molecule has 4 nitrogen and oxygen atoms in total. The minimum Gasteiger partial charge on any atom is -0.378 e. The first-order chi connectivity index (χ1) is 8.70. The van der Waals surface area contributed by atoms with E-state index < -0.39 is 0 Å². The van der Waals surface area contributed by atoms with Crippen molar-refractivity contribution in [2.24, 2.45) is 5.73 Å². The van der Waals surface area contributed by atoms with Gasteiger partial charge in [0.1, 0.15) is 5.82 Å². The highest BCUT2D eigenvalue weighted by Crippen LogP contribution is 2.25. The van der Waals surface area contributed by atoms with Crippen LogP contribution in [-0.4, -0.2) is 28.3 Å². The van der Waals surface area contributed by atoms with Crippen molar-refractivity contribution in [1.82, 2.24) is 9.55 Å². The highest BCUT2D eigenvalue weighted by atomic mass is 16.5. The van der Waals surface area contributed by atoms with Crippen molar-refractivity contribution in [3.8, 4) is 0 Å². The first-order valence-corrected chi connectivity index (χ1v) is 7.04. The van der Waals surface area contributed by atoms with Crippen LogP contribution in [0.5, 0.6) is 0 Å². The molecule has 1 heterocycles. The second-order valence-electron chi connectivity index (χ2n) is 5.50. The van der Waals surface area contributed by atoms with Crippen LogP contribution in [-0.2, 0) is 11.3 Å². The molecular weight excluding hydrogens is 226 g/mol. The highest BCUT2D eigenvalue weighted by Gasteiger charge is 2.26. The molecule has 102 valence electrons. The van der Waals surface area contributed by atoms with Crippen LogP contribution in [0.2, 0.25) is 0 Å². The zero-order valence-electron chi connectivity index (χ0n) is 11.4. The third-order valence-corrected chi connectivity index (χ3v) is 3.89. The Labute approximate surface area is 110 Å². The van der Waals surface area contributed by atoms with E-state index in [1.165, 1.54) is 25.7 Å². The minimum absolute atomic E-state index is 0.0829. The van der Waals surface area contributed by atoms with Crippen molar-refractivity contribution in [1.29, 1.82) is 0 Å². The number of rotatable bonds is 5. The number of nitrogens with zero attached hydrogens (tertiary/aromatic N) is 2. The van der Waals surface area contributed by atoms with Crippen molar-refractivity contribution >= 4 is 0 Å². The number of aryl methyl sites for hydroxylation is 1. The molecule has 1 aliphatic carbocycles. The van der Waals surface area contributed by atoms with Crippen LogP contribution in [0.15, 0.2) is 12.4 Å². The van der Waals surface area contributed by atoms with E-state index in [9.17, 15) is 0 Å². The summed E-state index contributed by atoms with van der Waals surface area (Å²) in [6.45, 7) is 4.29. The molecule has 18 heavy (non-hydrogen) atoms. The smallest absolute Gasteiger partial charge is 0.105 e. The van der Waals surface area contributed by atoms with Crippen LogP contribution in [0.4, 0.5) is 0 Å².